The van der Waals surface area contributed by atoms with Gasteiger partial charge in [-0.2, -0.15) is 0 Å². The summed E-state index contributed by atoms with van der Waals surface area (Å²) < 4.78 is 43.0. The highest BCUT2D eigenvalue weighted by Crippen LogP contribution is 2.62. The van der Waals surface area contributed by atoms with E-state index in [-0.39, 0.29) is 6.10 Å². The minimum Gasteiger partial charge on any atom is -0.378 e. The Labute approximate surface area is 177 Å². The van der Waals surface area contributed by atoms with Crippen LogP contribution in [-0.4, -0.2) is 79.6 Å². The molecule has 3 aliphatic heterocycles. The molecular formula is C21H40O7Si. The van der Waals surface area contributed by atoms with E-state index >= 15 is 0 Å². The van der Waals surface area contributed by atoms with Crippen molar-refractivity contribution in [3.63, 3.8) is 0 Å². The summed E-state index contributed by atoms with van der Waals surface area (Å²) in [6.07, 6.45) is 9.50. The van der Waals surface area contributed by atoms with Crippen molar-refractivity contribution >= 4 is 8.80 Å². The fourth-order valence-electron chi connectivity index (χ4n) is 5.79. The van der Waals surface area contributed by atoms with Gasteiger partial charge in [-0.05, 0) is 6.42 Å². The van der Waals surface area contributed by atoms with Crippen molar-refractivity contribution in [1.82, 2.24) is 0 Å². The SMILES string of the molecule is CCCCCCCC(OC)C1(C2(C3([Si](OC)(OC)OC)CCO3)CCO2)CCO1. The lowest BCUT2D eigenvalue weighted by atomic mass is 9.63. The summed E-state index contributed by atoms with van der Waals surface area (Å²) in [5, 5.41) is -0.768. The summed E-state index contributed by atoms with van der Waals surface area (Å²) in [6, 6.07) is 0. The average molecular weight is 433 g/mol. The number of ether oxygens (including phenoxy) is 4. The zero-order chi connectivity index (χ0) is 21.0. The molecule has 3 heterocycles. The van der Waals surface area contributed by atoms with Gasteiger partial charge in [-0.3, -0.25) is 0 Å². The zero-order valence-corrected chi connectivity index (χ0v) is 19.9. The fourth-order valence-corrected chi connectivity index (χ4v) is 8.87. The van der Waals surface area contributed by atoms with Crippen LogP contribution >= 0.6 is 0 Å². The van der Waals surface area contributed by atoms with Gasteiger partial charge in [-0.25, -0.2) is 0 Å². The van der Waals surface area contributed by atoms with Crippen molar-refractivity contribution in [2.75, 3.05) is 48.3 Å². The quantitative estimate of drug-likeness (QED) is 0.308. The average Bonchev–Trinajstić information content (AvgIpc) is 2.64. The van der Waals surface area contributed by atoms with E-state index in [0.29, 0.717) is 19.8 Å². The van der Waals surface area contributed by atoms with E-state index in [1.165, 1.54) is 25.7 Å². The summed E-state index contributed by atoms with van der Waals surface area (Å²) in [5.41, 5.74) is -1.23. The Hall–Kier alpha value is -0.0631. The van der Waals surface area contributed by atoms with E-state index in [9.17, 15) is 0 Å². The van der Waals surface area contributed by atoms with Crippen LogP contribution in [0.25, 0.3) is 0 Å². The van der Waals surface area contributed by atoms with Gasteiger partial charge in [0.1, 0.15) is 11.2 Å². The summed E-state index contributed by atoms with van der Waals surface area (Å²) in [5.74, 6) is 0. The third kappa shape index (κ3) is 3.35. The van der Waals surface area contributed by atoms with Crippen molar-refractivity contribution in [1.29, 1.82) is 0 Å². The Morgan fingerprint density at radius 2 is 1.34 bits per heavy atom. The van der Waals surface area contributed by atoms with Crippen molar-refractivity contribution in [3.8, 4) is 0 Å². The molecule has 29 heavy (non-hydrogen) atoms. The molecule has 7 nitrogen and oxygen atoms in total. The Morgan fingerprint density at radius 3 is 1.69 bits per heavy atom. The van der Waals surface area contributed by atoms with Gasteiger partial charge < -0.3 is 32.2 Å². The van der Waals surface area contributed by atoms with E-state index in [1.807, 2.05) is 0 Å². The summed E-state index contributed by atoms with van der Waals surface area (Å²) in [6.45, 7) is 4.26. The van der Waals surface area contributed by atoms with Crippen LogP contribution in [0.5, 0.6) is 0 Å². The molecule has 0 amide bonds. The van der Waals surface area contributed by atoms with Gasteiger partial charge in [0.25, 0.3) is 0 Å². The highest BCUT2D eigenvalue weighted by Gasteiger charge is 2.84. The van der Waals surface area contributed by atoms with Crippen molar-refractivity contribution < 1.29 is 32.2 Å². The summed E-state index contributed by atoms with van der Waals surface area (Å²) in [7, 11) is 3.55. The van der Waals surface area contributed by atoms with Gasteiger partial charge in [0.05, 0.1) is 25.9 Å². The molecule has 0 radical (unpaired) electrons. The maximum absolute atomic E-state index is 6.44. The van der Waals surface area contributed by atoms with Crippen LogP contribution in [0.2, 0.25) is 0 Å². The van der Waals surface area contributed by atoms with Gasteiger partial charge in [0, 0.05) is 47.7 Å². The first-order valence-corrected chi connectivity index (χ1v) is 12.9. The van der Waals surface area contributed by atoms with Crippen molar-refractivity contribution in [2.45, 2.75) is 87.2 Å². The lowest BCUT2D eigenvalue weighted by Gasteiger charge is -2.70. The van der Waals surface area contributed by atoms with Gasteiger partial charge >= 0.3 is 8.80 Å². The minimum absolute atomic E-state index is 0.0588. The van der Waals surface area contributed by atoms with Crippen LogP contribution in [0, 0.1) is 0 Å². The van der Waals surface area contributed by atoms with Gasteiger partial charge in [-0.15, -0.1) is 0 Å². The molecule has 3 aliphatic rings. The van der Waals surface area contributed by atoms with E-state index < -0.39 is 25.2 Å². The van der Waals surface area contributed by atoms with E-state index in [4.69, 9.17) is 32.2 Å². The molecule has 170 valence electrons. The number of hydrogen-bond acceptors (Lipinski definition) is 7. The first kappa shape index (κ1) is 23.6. The largest absolute Gasteiger partial charge is 0.537 e. The molecule has 4 unspecified atom stereocenters. The first-order valence-electron chi connectivity index (χ1n) is 11.2. The fraction of sp³-hybridized carbons (Fsp3) is 1.00. The number of unbranched alkanes of at least 4 members (excludes halogenated alkanes) is 4. The molecule has 0 N–H and O–H groups in total. The molecular weight excluding hydrogens is 392 g/mol. The second-order valence-corrected chi connectivity index (χ2v) is 11.6. The normalized spacial score (nSPS) is 35.5. The molecule has 0 aromatic heterocycles. The van der Waals surface area contributed by atoms with Crippen LogP contribution in [0.1, 0.15) is 64.7 Å². The number of hydrogen-bond donors (Lipinski definition) is 0. The second-order valence-electron chi connectivity index (χ2n) is 8.43. The molecule has 3 rings (SSSR count). The van der Waals surface area contributed by atoms with E-state index in [1.54, 1.807) is 28.4 Å². The predicted molar refractivity (Wildman–Crippen MR) is 111 cm³/mol. The maximum Gasteiger partial charge on any atom is 0.537 e. The lowest BCUT2D eigenvalue weighted by Crippen LogP contribution is -2.90. The standard InChI is InChI=1S/C21H40O7Si/c1-6-7-8-9-10-11-18(22-2)19(12-15-26-19)20(13-16-27-20)21(14-17-28-21)29(23-3,24-4)25-5/h18H,6-17H2,1-5H3. The minimum atomic E-state index is -3.17. The van der Waals surface area contributed by atoms with Gasteiger partial charge in [0.15, 0.2) is 5.22 Å². The van der Waals surface area contributed by atoms with Crippen molar-refractivity contribution in [3.05, 3.63) is 0 Å². The van der Waals surface area contributed by atoms with Gasteiger partial charge in [0.2, 0.25) is 0 Å². The van der Waals surface area contributed by atoms with Crippen molar-refractivity contribution in [2.24, 2.45) is 0 Å². The molecule has 0 bridgehead atoms. The monoisotopic (exact) mass is 432 g/mol. The Morgan fingerprint density at radius 1 is 0.793 bits per heavy atom. The molecule has 0 aromatic carbocycles. The first-order chi connectivity index (χ1) is 14.1. The Balaban J connectivity index is 1.88. The second kappa shape index (κ2) is 9.61. The molecule has 0 aromatic rings. The van der Waals surface area contributed by atoms with Gasteiger partial charge in [-0.1, -0.05) is 39.0 Å². The lowest BCUT2D eigenvalue weighted by molar-refractivity contribution is -0.403. The topological polar surface area (TPSA) is 64.6 Å². The molecule has 0 saturated carbocycles. The van der Waals surface area contributed by atoms with Crippen LogP contribution in [-0.2, 0) is 32.2 Å². The third-order valence-corrected chi connectivity index (χ3v) is 10.8. The van der Waals surface area contributed by atoms with Crippen LogP contribution in [0.15, 0.2) is 0 Å². The van der Waals surface area contributed by atoms with E-state index in [2.05, 4.69) is 6.92 Å². The molecule has 0 spiro atoms. The van der Waals surface area contributed by atoms with Crippen LogP contribution in [0.3, 0.4) is 0 Å². The molecule has 8 heteroatoms. The highest BCUT2D eigenvalue weighted by atomic mass is 28.4. The molecule has 3 saturated heterocycles. The maximum atomic E-state index is 6.44. The molecule has 3 fully saturated rings. The number of methoxy groups -OCH3 is 1. The van der Waals surface area contributed by atoms with Crippen LogP contribution in [0.4, 0.5) is 0 Å². The Bertz CT molecular complexity index is 505. The molecule has 0 aliphatic carbocycles. The molecule has 4 atom stereocenters. The summed E-state index contributed by atoms with van der Waals surface area (Å²) >= 11 is 0. The van der Waals surface area contributed by atoms with Crippen LogP contribution < -0.4 is 0 Å². The highest BCUT2D eigenvalue weighted by molar-refractivity contribution is 6.64. The third-order valence-electron chi connectivity index (χ3n) is 7.45. The predicted octanol–water partition coefficient (Wildman–Crippen LogP) is 3.26. The Kier molecular flexibility index (Phi) is 7.82. The summed E-state index contributed by atoms with van der Waals surface area (Å²) in [4.78, 5) is 0. The zero-order valence-electron chi connectivity index (χ0n) is 18.9. The smallest absolute Gasteiger partial charge is 0.378 e. The number of rotatable bonds is 14. The van der Waals surface area contributed by atoms with E-state index in [0.717, 1.165) is 32.1 Å².